The van der Waals surface area contributed by atoms with Crippen molar-refractivity contribution in [2.24, 2.45) is 5.73 Å². The lowest BCUT2D eigenvalue weighted by Gasteiger charge is -2.21. The molecule has 0 radical (unpaired) electrons. The van der Waals surface area contributed by atoms with E-state index >= 15 is 0 Å². The first kappa shape index (κ1) is 31.4. The molecule has 42 heavy (non-hydrogen) atoms. The number of carbonyl (C=O) groups excluding carboxylic acids is 4. The van der Waals surface area contributed by atoms with E-state index in [9.17, 15) is 19.2 Å². The number of carbonyl (C=O) groups is 4. The lowest BCUT2D eigenvalue weighted by atomic mass is 10.1. The lowest BCUT2D eigenvalue weighted by Crippen LogP contribution is -2.27. The fourth-order valence-electron chi connectivity index (χ4n) is 4.13. The summed E-state index contributed by atoms with van der Waals surface area (Å²) in [5, 5.41) is 0. The van der Waals surface area contributed by atoms with Crippen molar-refractivity contribution >= 4 is 34.9 Å². The van der Waals surface area contributed by atoms with E-state index in [1.807, 2.05) is 84.9 Å². The molecule has 0 saturated heterocycles. The van der Waals surface area contributed by atoms with Gasteiger partial charge in [-0.25, -0.2) is 4.79 Å². The zero-order valence-corrected chi connectivity index (χ0v) is 24.0. The number of rotatable bonds is 9. The van der Waals surface area contributed by atoms with Gasteiger partial charge in [0, 0.05) is 30.8 Å². The quantitative estimate of drug-likeness (QED) is 0.215. The van der Waals surface area contributed by atoms with Crippen LogP contribution >= 0.6 is 0 Å². The molecule has 8 heteroatoms. The minimum absolute atomic E-state index is 0.00291. The van der Waals surface area contributed by atoms with Crippen LogP contribution in [0.5, 0.6) is 0 Å². The van der Waals surface area contributed by atoms with Crippen LogP contribution in [-0.2, 0) is 27.4 Å². The highest BCUT2D eigenvalue weighted by Gasteiger charge is 2.13. The summed E-state index contributed by atoms with van der Waals surface area (Å²) in [4.78, 5) is 49.9. The molecule has 4 aromatic rings. The highest BCUT2D eigenvalue weighted by molar-refractivity contribution is 5.97. The maximum Gasteiger partial charge on any atom is 0.337 e. The predicted molar refractivity (Wildman–Crippen MR) is 164 cm³/mol. The van der Waals surface area contributed by atoms with Gasteiger partial charge in [0.25, 0.3) is 0 Å². The Hall–Kier alpha value is -5.08. The van der Waals surface area contributed by atoms with E-state index in [0.29, 0.717) is 24.2 Å². The minimum atomic E-state index is -0.368. The topological polar surface area (TPSA) is 110 Å². The number of amides is 2. The highest BCUT2D eigenvalue weighted by Crippen LogP contribution is 2.19. The van der Waals surface area contributed by atoms with Crippen LogP contribution in [0.15, 0.2) is 109 Å². The second kappa shape index (κ2) is 15.6. The predicted octanol–water partition coefficient (Wildman–Crippen LogP) is 5.41. The third kappa shape index (κ3) is 8.97. The Bertz CT molecular complexity index is 1360. The molecule has 2 N–H and O–H groups in total. The molecule has 216 valence electrons. The van der Waals surface area contributed by atoms with Gasteiger partial charge in [-0.3, -0.25) is 14.4 Å². The van der Waals surface area contributed by atoms with Crippen LogP contribution < -0.4 is 15.5 Å². The fraction of sp³-hybridized carbons (Fsp3) is 0.176. The standard InChI is InChI=1S/C17H18N2O2.C17H17NO3/c1-13(20)19(16-5-3-2-4-6-16)12-14-7-9-15(10-8-14)17(21)11-18;1-13(19)18(16-6-4-3-5-7-16)12-14-8-10-15(11-9-14)17(20)21-2/h2-10H,11-12,18H2,1H3;3-11H,12H2,1-2H3. The average Bonchev–Trinajstić information content (AvgIpc) is 3.03. The third-order valence-corrected chi connectivity index (χ3v) is 6.41. The molecule has 0 fully saturated rings. The van der Waals surface area contributed by atoms with Gasteiger partial charge < -0.3 is 20.3 Å². The molecule has 2 amide bonds. The van der Waals surface area contributed by atoms with E-state index in [2.05, 4.69) is 4.74 Å². The van der Waals surface area contributed by atoms with Gasteiger partial charge >= 0.3 is 5.97 Å². The van der Waals surface area contributed by atoms with E-state index in [1.54, 1.807) is 41.0 Å². The zero-order chi connectivity index (χ0) is 30.5. The number of methoxy groups -OCH3 is 1. The van der Waals surface area contributed by atoms with Gasteiger partial charge in [-0.2, -0.15) is 0 Å². The van der Waals surface area contributed by atoms with E-state index < -0.39 is 0 Å². The third-order valence-electron chi connectivity index (χ3n) is 6.41. The summed E-state index contributed by atoms with van der Waals surface area (Å²) in [5.74, 6) is -0.511. The second-order valence-corrected chi connectivity index (χ2v) is 9.39. The molecular formula is C34H35N3O5. The Morgan fingerprint density at radius 2 is 0.976 bits per heavy atom. The monoisotopic (exact) mass is 565 g/mol. The molecule has 0 saturated carbocycles. The van der Waals surface area contributed by atoms with Crippen LogP contribution in [0.25, 0.3) is 0 Å². The van der Waals surface area contributed by atoms with Gasteiger partial charge in [-0.15, -0.1) is 0 Å². The largest absolute Gasteiger partial charge is 0.465 e. The summed E-state index contributed by atoms with van der Waals surface area (Å²) in [6.07, 6.45) is 0. The summed E-state index contributed by atoms with van der Waals surface area (Å²) in [6, 6.07) is 33.2. The molecule has 0 unspecified atom stereocenters. The number of anilines is 2. The number of Topliss-reactive ketones (excluding diaryl/α,β-unsaturated/α-hetero) is 1. The van der Waals surface area contributed by atoms with Crippen LogP contribution in [0.1, 0.15) is 45.7 Å². The van der Waals surface area contributed by atoms with Gasteiger partial charge in [0.15, 0.2) is 5.78 Å². The van der Waals surface area contributed by atoms with Crippen LogP contribution in [0.3, 0.4) is 0 Å². The number of ketones is 1. The van der Waals surface area contributed by atoms with Gasteiger partial charge in [-0.1, -0.05) is 72.8 Å². The number of nitrogens with zero attached hydrogens (tertiary/aromatic N) is 2. The van der Waals surface area contributed by atoms with Gasteiger partial charge in [-0.05, 0) is 47.5 Å². The summed E-state index contributed by atoms with van der Waals surface area (Å²) in [7, 11) is 1.35. The molecule has 0 atom stereocenters. The van der Waals surface area contributed by atoms with Crippen LogP contribution in [0, 0.1) is 0 Å². The van der Waals surface area contributed by atoms with Crippen molar-refractivity contribution in [3.63, 3.8) is 0 Å². The minimum Gasteiger partial charge on any atom is -0.465 e. The van der Waals surface area contributed by atoms with Crippen LogP contribution in [-0.4, -0.2) is 37.2 Å². The summed E-state index contributed by atoms with van der Waals surface area (Å²) in [6.45, 7) is 4.01. The van der Waals surface area contributed by atoms with E-state index in [-0.39, 0.29) is 30.1 Å². The Morgan fingerprint density at radius 1 is 0.595 bits per heavy atom. The van der Waals surface area contributed by atoms with E-state index in [1.165, 1.54) is 14.0 Å². The summed E-state index contributed by atoms with van der Waals surface area (Å²) >= 11 is 0. The maximum atomic E-state index is 11.8. The first-order valence-corrected chi connectivity index (χ1v) is 13.4. The average molecular weight is 566 g/mol. The number of esters is 1. The molecule has 0 heterocycles. The second-order valence-electron chi connectivity index (χ2n) is 9.39. The van der Waals surface area contributed by atoms with Gasteiger partial charge in [0.2, 0.25) is 11.8 Å². The molecule has 4 aromatic carbocycles. The Morgan fingerprint density at radius 3 is 1.31 bits per heavy atom. The Kier molecular flexibility index (Phi) is 11.7. The zero-order valence-electron chi connectivity index (χ0n) is 24.0. The van der Waals surface area contributed by atoms with Crippen molar-refractivity contribution in [2.45, 2.75) is 26.9 Å². The smallest absolute Gasteiger partial charge is 0.337 e. The molecule has 0 spiro atoms. The molecule has 0 aliphatic rings. The van der Waals surface area contributed by atoms with Gasteiger partial charge in [0.05, 0.1) is 32.3 Å². The molecule has 0 aliphatic heterocycles. The first-order chi connectivity index (χ1) is 20.2. The van der Waals surface area contributed by atoms with Crippen molar-refractivity contribution in [3.8, 4) is 0 Å². The van der Waals surface area contributed by atoms with Crippen LogP contribution in [0.2, 0.25) is 0 Å². The molecular weight excluding hydrogens is 530 g/mol. The number of hydrogen-bond donors (Lipinski definition) is 1. The SMILES string of the molecule is CC(=O)N(Cc1ccc(C(=O)CN)cc1)c1ccccc1.COC(=O)c1ccc(CN(C(C)=O)c2ccccc2)cc1. The van der Waals surface area contributed by atoms with Crippen molar-refractivity contribution < 1.29 is 23.9 Å². The first-order valence-electron chi connectivity index (χ1n) is 13.4. The number of para-hydroxylation sites is 2. The van der Waals surface area contributed by atoms with Crippen molar-refractivity contribution in [3.05, 3.63) is 131 Å². The normalized spacial score (nSPS) is 10.1. The molecule has 0 aliphatic carbocycles. The highest BCUT2D eigenvalue weighted by atomic mass is 16.5. The Balaban J connectivity index is 0.000000230. The van der Waals surface area contributed by atoms with Gasteiger partial charge in [0.1, 0.15) is 0 Å². The molecule has 4 rings (SSSR count). The maximum absolute atomic E-state index is 11.8. The van der Waals surface area contributed by atoms with E-state index in [0.717, 1.165) is 22.5 Å². The van der Waals surface area contributed by atoms with E-state index in [4.69, 9.17) is 5.73 Å². The molecule has 8 nitrogen and oxygen atoms in total. The lowest BCUT2D eigenvalue weighted by molar-refractivity contribution is -0.117. The number of hydrogen-bond acceptors (Lipinski definition) is 6. The Labute approximate surface area is 246 Å². The van der Waals surface area contributed by atoms with Crippen molar-refractivity contribution in [1.29, 1.82) is 0 Å². The molecule has 0 aromatic heterocycles. The number of benzene rings is 4. The summed E-state index contributed by atoms with van der Waals surface area (Å²) < 4.78 is 4.66. The van der Waals surface area contributed by atoms with Crippen molar-refractivity contribution in [1.82, 2.24) is 0 Å². The molecule has 0 bridgehead atoms. The van der Waals surface area contributed by atoms with Crippen LogP contribution in [0.4, 0.5) is 11.4 Å². The summed E-state index contributed by atoms with van der Waals surface area (Å²) in [5.41, 5.74) is 10.0. The number of nitrogens with two attached hydrogens (primary N) is 1. The number of ether oxygens (including phenoxy) is 1. The van der Waals surface area contributed by atoms with Crippen molar-refractivity contribution in [2.75, 3.05) is 23.5 Å². The fourth-order valence-corrected chi connectivity index (χ4v) is 4.13.